The standard InChI is InChI=1S/C10H16N4O2S/c1-8-7-17(15,16)5-4-14(8)10-12-3-2-9(6-11)13-10/h2-3,8H,4-7,11H2,1H3. The van der Waals surface area contributed by atoms with E-state index in [2.05, 4.69) is 9.97 Å². The first-order valence-electron chi connectivity index (χ1n) is 5.51. The van der Waals surface area contributed by atoms with Crippen molar-refractivity contribution in [3.8, 4) is 0 Å². The fourth-order valence-corrected chi connectivity index (χ4v) is 3.49. The molecule has 0 radical (unpaired) electrons. The predicted octanol–water partition coefficient (Wildman–Crippen LogP) is -0.441. The van der Waals surface area contributed by atoms with Crippen molar-refractivity contribution in [3.05, 3.63) is 18.0 Å². The van der Waals surface area contributed by atoms with E-state index in [-0.39, 0.29) is 17.5 Å². The van der Waals surface area contributed by atoms with Crippen molar-refractivity contribution < 1.29 is 8.42 Å². The minimum absolute atomic E-state index is 0.0956. The molecule has 1 aromatic rings. The Hall–Kier alpha value is -1.21. The Kier molecular flexibility index (Phi) is 3.30. The molecule has 2 rings (SSSR count). The fraction of sp³-hybridized carbons (Fsp3) is 0.600. The van der Waals surface area contributed by atoms with Crippen molar-refractivity contribution in [1.82, 2.24) is 9.97 Å². The van der Waals surface area contributed by atoms with Crippen LogP contribution in [-0.2, 0) is 16.4 Å². The molecule has 6 nitrogen and oxygen atoms in total. The average Bonchev–Trinajstić information content (AvgIpc) is 2.28. The molecule has 17 heavy (non-hydrogen) atoms. The number of hydrogen-bond donors (Lipinski definition) is 1. The van der Waals surface area contributed by atoms with Gasteiger partial charge >= 0.3 is 0 Å². The van der Waals surface area contributed by atoms with Gasteiger partial charge in [-0.1, -0.05) is 0 Å². The molecule has 7 heteroatoms. The number of sulfone groups is 1. The molecule has 1 unspecified atom stereocenters. The van der Waals surface area contributed by atoms with Crippen molar-refractivity contribution >= 4 is 15.8 Å². The van der Waals surface area contributed by atoms with Gasteiger partial charge in [0.1, 0.15) is 0 Å². The van der Waals surface area contributed by atoms with Crippen LogP contribution in [0.15, 0.2) is 12.3 Å². The Labute approximate surface area is 101 Å². The Bertz CT molecular complexity index is 503. The van der Waals surface area contributed by atoms with Crippen LogP contribution in [0.5, 0.6) is 0 Å². The van der Waals surface area contributed by atoms with E-state index in [1.165, 1.54) is 0 Å². The minimum atomic E-state index is -2.91. The normalized spacial score (nSPS) is 23.6. The minimum Gasteiger partial charge on any atom is -0.336 e. The monoisotopic (exact) mass is 256 g/mol. The van der Waals surface area contributed by atoms with Gasteiger partial charge in [0.2, 0.25) is 5.95 Å². The maximum atomic E-state index is 11.5. The first kappa shape index (κ1) is 12.3. The maximum Gasteiger partial charge on any atom is 0.225 e. The van der Waals surface area contributed by atoms with E-state index in [9.17, 15) is 8.42 Å². The second-order valence-electron chi connectivity index (χ2n) is 4.21. The topological polar surface area (TPSA) is 89.2 Å². The number of rotatable bonds is 2. The van der Waals surface area contributed by atoms with Gasteiger partial charge in [0, 0.05) is 25.3 Å². The number of anilines is 1. The third-order valence-electron chi connectivity index (χ3n) is 2.84. The lowest BCUT2D eigenvalue weighted by molar-refractivity contribution is 0.564. The molecule has 1 fully saturated rings. The molecule has 0 amide bonds. The summed E-state index contributed by atoms with van der Waals surface area (Å²) in [6.07, 6.45) is 1.65. The van der Waals surface area contributed by atoms with Crippen molar-refractivity contribution in [2.45, 2.75) is 19.5 Å². The number of nitrogens with two attached hydrogens (primary N) is 1. The van der Waals surface area contributed by atoms with Gasteiger partial charge in [0.05, 0.1) is 17.2 Å². The van der Waals surface area contributed by atoms with E-state index in [1.54, 1.807) is 12.3 Å². The molecule has 0 bridgehead atoms. The van der Waals surface area contributed by atoms with Crippen molar-refractivity contribution in [2.24, 2.45) is 5.73 Å². The number of aromatic nitrogens is 2. The Morgan fingerprint density at radius 1 is 1.59 bits per heavy atom. The van der Waals surface area contributed by atoms with Gasteiger partial charge in [-0.15, -0.1) is 0 Å². The van der Waals surface area contributed by atoms with E-state index < -0.39 is 9.84 Å². The number of hydrogen-bond acceptors (Lipinski definition) is 6. The Morgan fingerprint density at radius 3 is 3.00 bits per heavy atom. The quantitative estimate of drug-likeness (QED) is 0.771. The van der Waals surface area contributed by atoms with Crippen molar-refractivity contribution in [1.29, 1.82) is 0 Å². The lowest BCUT2D eigenvalue weighted by Gasteiger charge is -2.33. The van der Waals surface area contributed by atoms with Gasteiger partial charge in [-0.25, -0.2) is 18.4 Å². The highest BCUT2D eigenvalue weighted by Crippen LogP contribution is 2.17. The molecule has 0 saturated carbocycles. The molecule has 94 valence electrons. The molecule has 0 aliphatic carbocycles. The zero-order valence-corrected chi connectivity index (χ0v) is 10.5. The highest BCUT2D eigenvalue weighted by atomic mass is 32.2. The predicted molar refractivity (Wildman–Crippen MR) is 65.4 cm³/mol. The van der Waals surface area contributed by atoms with Gasteiger partial charge in [-0.3, -0.25) is 0 Å². The molecule has 0 spiro atoms. The summed E-state index contributed by atoms with van der Waals surface area (Å²) in [5.41, 5.74) is 6.28. The SMILES string of the molecule is CC1CS(=O)(=O)CCN1c1nccc(CN)n1. The summed E-state index contributed by atoms with van der Waals surface area (Å²) in [6.45, 7) is 2.67. The summed E-state index contributed by atoms with van der Waals surface area (Å²) >= 11 is 0. The van der Waals surface area contributed by atoms with E-state index in [4.69, 9.17) is 5.73 Å². The molecule has 1 aliphatic rings. The van der Waals surface area contributed by atoms with Crippen LogP contribution in [0.4, 0.5) is 5.95 Å². The maximum absolute atomic E-state index is 11.5. The van der Waals surface area contributed by atoms with E-state index in [0.29, 0.717) is 19.0 Å². The summed E-state index contributed by atoms with van der Waals surface area (Å²) < 4.78 is 22.9. The molecular weight excluding hydrogens is 240 g/mol. The smallest absolute Gasteiger partial charge is 0.225 e. The van der Waals surface area contributed by atoms with Gasteiger partial charge in [-0.2, -0.15) is 0 Å². The fourth-order valence-electron chi connectivity index (χ4n) is 1.93. The van der Waals surface area contributed by atoms with Crippen LogP contribution < -0.4 is 10.6 Å². The third-order valence-corrected chi connectivity index (χ3v) is 4.63. The second kappa shape index (κ2) is 4.58. The molecule has 1 aliphatic heterocycles. The molecule has 2 N–H and O–H groups in total. The number of nitrogens with zero attached hydrogens (tertiary/aromatic N) is 3. The summed E-state index contributed by atoms with van der Waals surface area (Å²) in [6, 6.07) is 1.66. The summed E-state index contributed by atoms with van der Waals surface area (Å²) in [5, 5.41) is 0. The lowest BCUT2D eigenvalue weighted by atomic mass is 10.3. The second-order valence-corrected chi connectivity index (χ2v) is 6.44. The van der Waals surface area contributed by atoms with Crippen LogP contribution in [0, 0.1) is 0 Å². The average molecular weight is 256 g/mol. The van der Waals surface area contributed by atoms with Crippen LogP contribution in [0.2, 0.25) is 0 Å². The molecule has 1 aromatic heterocycles. The Balaban J connectivity index is 2.23. The largest absolute Gasteiger partial charge is 0.336 e. The van der Waals surface area contributed by atoms with Crippen LogP contribution >= 0.6 is 0 Å². The van der Waals surface area contributed by atoms with Crippen LogP contribution in [0.1, 0.15) is 12.6 Å². The highest BCUT2D eigenvalue weighted by molar-refractivity contribution is 7.91. The zero-order valence-electron chi connectivity index (χ0n) is 9.70. The van der Waals surface area contributed by atoms with Crippen LogP contribution in [0.25, 0.3) is 0 Å². The van der Waals surface area contributed by atoms with Crippen LogP contribution in [-0.4, -0.2) is 42.5 Å². The van der Waals surface area contributed by atoms with Gasteiger partial charge in [0.15, 0.2) is 9.84 Å². The van der Waals surface area contributed by atoms with Crippen molar-refractivity contribution in [2.75, 3.05) is 23.0 Å². The van der Waals surface area contributed by atoms with Gasteiger partial charge in [0.25, 0.3) is 0 Å². The Morgan fingerprint density at radius 2 is 2.35 bits per heavy atom. The van der Waals surface area contributed by atoms with Gasteiger partial charge in [-0.05, 0) is 13.0 Å². The van der Waals surface area contributed by atoms with Crippen LogP contribution in [0.3, 0.4) is 0 Å². The molecule has 1 saturated heterocycles. The van der Waals surface area contributed by atoms with Gasteiger partial charge < -0.3 is 10.6 Å². The molecule has 1 atom stereocenters. The molecule has 2 heterocycles. The molecular formula is C10H16N4O2S. The summed E-state index contributed by atoms with van der Waals surface area (Å²) in [7, 11) is -2.91. The summed E-state index contributed by atoms with van der Waals surface area (Å²) in [5.74, 6) is 0.881. The van der Waals surface area contributed by atoms with E-state index in [1.807, 2.05) is 11.8 Å². The zero-order chi connectivity index (χ0) is 12.5. The van der Waals surface area contributed by atoms with E-state index >= 15 is 0 Å². The highest BCUT2D eigenvalue weighted by Gasteiger charge is 2.29. The first-order valence-corrected chi connectivity index (χ1v) is 7.33. The van der Waals surface area contributed by atoms with E-state index in [0.717, 1.165) is 5.69 Å². The third kappa shape index (κ3) is 2.73. The first-order chi connectivity index (χ1) is 8.02. The van der Waals surface area contributed by atoms with Crippen molar-refractivity contribution in [3.63, 3.8) is 0 Å². The summed E-state index contributed by atoms with van der Waals surface area (Å²) in [4.78, 5) is 10.4. The lowest BCUT2D eigenvalue weighted by Crippen LogP contribution is -2.47. The molecule has 0 aromatic carbocycles.